The Bertz CT molecular complexity index is 467. The molecule has 1 fully saturated rings. The molecule has 2 atom stereocenters. The summed E-state index contributed by atoms with van der Waals surface area (Å²) < 4.78 is 16.3. The van der Waals surface area contributed by atoms with Gasteiger partial charge < -0.3 is 19.3 Å². The molecule has 1 aromatic rings. The van der Waals surface area contributed by atoms with Crippen molar-refractivity contribution in [3.63, 3.8) is 0 Å². The molecule has 2 heterocycles. The van der Waals surface area contributed by atoms with E-state index in [1.165, 1.54) is 0 Å². The number of morpholine rings is 1. The van der Waals surface area contributed by atoms with E-state index in [4.69, 9.17) is 14.2 Å². The lowest BCUT2D eigenvalue weighted by atomic mass is 10.1. The highest BCUT2D eigenvalue weighted by Gasteiger charge is 2.24. The number of ether oxygens (including phenoxy) is 3. The number of hydrogen-bond donors (Lipinski definition) is 1. The van der Waals surface area contributed by atoms with Crippen molar-refractivity contribution >= 4 is 0 Å². The van der Waals surface area contributed by atoms with Crippen LogP contribution in [0.1, 0.15) is 19.4 Å². The van der Waals surface area contributed by atoms with Crippen LogP contribution in [0.4, 0.5) is 0 Å². The van der Waals surface area contributed by atoms with E-state index in [9.17, 15) is 5.11 Å². The van der Waals surface area contributed by atoms with Crippen LogP contribution in [0.15, 0.2) is 12.1 Å². The number of hydrogen-bond acceptors (Lipinski definition) is 5. The molecule has 0 spiro atoms. The second-order valence-electron chi connectivity index (χ2n) is 5.29. The Kier molecular flexibility index (Phi) is 3.24. The number of fused-ring (bicyclic) bond motifs is 1. The quantitative estimate of drug-likeness (QED) is 0.882. The fourth-order valence-corrected chi connectivity index (χ4v) is 2.75. The first-order valence-corrected chi connectivity index (χ1v) is 6.61. The predicted molar refractivity (Wildman–Crippen MR) is 69.5 cm³/mol. The van der Waals surface area contributed by atoms with Crippen LogP contribution in [-0.2, 0) is 11.3 Å². The zero-order valence-corrected chi connectivity index (χ0v) is 11.3. The molecule has 0 radical (unpaired) electrons. The maximum Gasteiger partial charge on any atom is 0.231 e. The summed E-state index contributed by atoms with van der Waals surface area (Å²) in [5.41, 5.74) is 0.866. The van der Waals surface area contributed by atoms with Crippen LogP contribution in [0.25, 0.3) is 0 Å². The van der Waals surface area contributed by atoms with Crippen LogP contribution >= 0.6 is 0 Å². The number of rotatable bonds is 2. The van der Waals surface area contributed by atoms with Crippen molar-refractivity contribution in [2.75, 3.05) is 19.9 Å². The minimum atomic E-state index is 0.222. The van der Waals surface area contributed by atoms with Gasteiger partial charge in [0.15, 0.2) is 11.5 Å². The SMILES string of the molecule is C[C@@H]1CN(Cc2cc3c(cc2O)OCO3)C[C@@H](C)O1. The molecule has 3 rings (SSSR count). The van der Waals surface area contributed by atoms with Crippen LogP contribution in [0.3, 0.4) is 0 Å². The summed E-state index contributed by atoms with van der Waals surface area (Å²) in [6.07, 6.45) is 0.444. The van der Waals surface area contributed by atoms with E-state index in [0.29, 0.717) is 18.0 Å². The van der Waals surface area contributed by atoms with E-state index in [-0.39, 0.29) is 24.8 Å². The Balaban J connectivity index is 1.76. The Morgan fingerprint density at radius 1 is 1.16 bits per heavy atom. The fourth-order valence-electron chi connectivity index (χ4n) is 2.75. The van der Waals surface area contributed by atoms with Crippen LogP contribution in [0.5, 0.6) is 17.2 Å². The van der Waals surface area contributed by atoms with Crippen molar-refractivity contribution in [1.82, 2.24) is 4.90 Å². The van der Waals surface area contributed by atoms with Crippen LogP contribution < -0.4 is 9.47 Å². The molecule has 104 valence electrons. The Labute approximate surface area is 112 Å². The second-order valence-corrected chi connectivity index (χ2v) is 5.29. The van der Waals surface area contributed by atoms with Gasteiger partial charge >= 0.3 is 0 Å². The smallest absolute Gasteiger partial charge is 0.231 e. The van der Waals surface area contributed by atoms with Gasteiger partial charge in [0.25, 0.3) is 0 Å². The van der Waals surface area contributed by atoms with Gasteiger partial charge in [-0.1, -0.05) is 0 Å². The molecular formula is C14H19NO4. The lowest BCUT2D eigenvalue weighted by Gasteiger charge is -2.35. The van der Waals surface area contributed by atoms with Gasteiger partial charge in [-0.25, -0.2) is 0 Å². The first kappa shape index (κ1) is 12.6. The first-order chi connectivity index (χ1) is 9.11. The van der Waals surface area contributed by atoms with Gasteiger partial charge in [0.05, 0.1) is 12.2 Å². The maximum absolute atomic E-state index is 10.0. The average molecular weight is 265 g/mol. The predicted octanol–water partition coefficient (Wildman–Crippen LogP) is 1.73. The Morgan fingerprint density at radius 2 is 1.79 bits per heavy atom. The number of benzene rings is 1. The Morgan fingerprint density at radius 3 is 2.47 bits per heavy atom. The summed E-state index contributed by atoms with van der Waals surface area (Å²) in [7, 11) is 0. The van der Waals surface area contributed by atoms with Crippen LogP contribution in [0, 0.1) is 0 Å². The lowest BCUT2D eigenvalue weighted by molar-refractivity contribution is -0.0706. The first-order valence-electron chi connectivity index (χ1n) is 6.61. The second kappa shape index (κ2) is 4.90. The number of nitrogens with zero attached hydrogens (tertiary/aromatic N) is 1. The zero-order valence-electron chi connectivity index (χ0n) is 11.3. The molecule has 2 aliphatic rings. The summed E-state index contributed by atoms with van der Waals surface area (Å²) in [4.78, 5) is 2.29. The average Bonchev–Trinajstić information content (AvgIpc) is 2.75. The van der Waals surface area contributed by atoms with E-state index in [0.717, 1.165) is 18.7 Å². The zero-order chi connectivity index (χ0) is 13.4. The van der Waals surface area contributed by atoms with Gasteiger partial charge in [-0.2, -0.15) is 0 Å². The molecule has 0 aliphatic carbocycles. The third-order valence-corrected chi connectivity index (χ3v) is 3.46. The molecule has 5 nitrogen and oxygen atoms in total. The molecule has 2 aliphatic heterocycles. The van der Waals surface area contributed by atoms with Gasteiger partial charge in [-0.05, 0) is 19.9 Å². The van der Waals surface area contributed by atoms with Gasteiger partial charge in [-0.3, -0.25) is 4.90 Å². The third kappa shape index (κ3) is 2.62. The van der Waals surface area contributed by atoms with Crippen LogP contribution in [-0.4, -0.2) is 42.1 Å². The molecular weight excluding hydrogens is 246 g/mol. The van der Waals surface area contributed by atoms with Crippen molar-refractivity contribution in [1.29, 1.82) is 0 Å². The Hall–Kier alpha value is -1.46. The summed E-state index contributed by atoms with van der Waals surface area (Å²) in [6, 6.07) is 3.49. The number of phenols is 1. The highest BCUT2D eigenvalue weighted by atomic mass is 16.7. The highest BCUT2D eigenvalue weighted by Crippen LogP contribution is 2.38. The summed E-state index contributed by atoms with van der Waals surface area (Å²) in [5, 5.41) is 10.0. The molecule has 0 unspecified atom stereocenters. The molecule has 1 N–H and O–H groups in total. The van der Waals surface area contributed by atoms with Crippen molar-refractivity contribution in [3.8, 4) is 17.2 Å². The molecule has 0 amide bonds. The molecule has 0 bridgehead atoms. The topological polar surface area (TPSA) is 51.2 Å². The van der Waals surface area contributed by atoms with E-state index < -0.39 is 0 Å². The maximum atomic E-state index is 10.0. The lowest BCUT2D eigenvalue weighted by Crippen LogP contribution is -2.44. The monoisotopic (exact) mass is 265 g/mol. The fraction of sp³-hybridized carbons (Fsp3) is 0.571. The number of aromatic hydroxyl groups is 1. The van der Waals surface area contributed by atoms with Crippen molar-refractivity contribution in [3.05, 3.63) is 17.7 Å². The summed E-state index contributed by atoms with van der Waals surface area (Å²) in [5.74, 6) is 1.59. The van der Waals surface area contributed by atoms with Crippen molar-refractivity contribution in [2.45, 2.75) is 32.6 Å². The van der Waals surface area contributed by atoms with Gasteiger partial charge in [0, 0.05) is 31.3 Å². The summed E-state index contributed by atoms with van der Waals surface area (Å²) in [6.45, 7) is 6.81. The molecule has 0 saturated carbocycles. The minimum absolute atomic E-state index is 0.222. The van der Waals surface area contributed by atoms with E-state index >= 15 is 0 Å². The largest absolute Gasteiger partial charge is 0.507 e. The van der Waals surface area contributed by atoms with Gasteiger partial charge in [0.2, 0.25) is 6.79 Å². The minimum Gasteiger partial charge on any atom is -0.507 e. The van der Waals surface area contributed by atoms with Gasteiger partial charge in [-0.15, -0.1) is 0 Å². The number of phenolic OH excluding ortho intramolecular Hbond substituents is 1. The van der Waals surface area contributed by atoms with Crippen molar-refractivity contribution < 1.29 is 19.3 Å². The standard InChI is InChI=1S/C14H19NO4/c1-9-5-15(6-10(2)19-9)7-11-3-13-14(4-12(11)16)18-8-17-13/h3-4,9-10,16H,5-8H2,1-2H3/t9-,10-/m1/s1. The van der Waals surface area contributed by atoms with Crippen molar-refractivity contribution in [2.24, 2.45) is 0 Å². The molecule has 5 heteroatoms. The third-order valence-electron chi connectivity index (χ3n) is 3.46. The molecule has 19 heavy (non-hydrogen) atoms. The van der Waals surface area contributed by atoms with Crippen LogP contribution in [0.2, 0.25) is 0 Å². The van der Waals surface area contributed by atoms with E-state index in [1.54, 1.807) is 6.07 Å². The van der Waals surface area contributed by atoms with Gasteiger partial charge in [0.1, 0.15) is 5.75 Å². The highest BCUT2D eigenvalue weighted by molar-refractivity contribution is 5.51. The molecule has 0 aromatic heterocycles. The van der Waals surface area contributed by atoms with E-state index in [1.807, 2.05) is 6.07 Å². The summed E-state index contributed by atoms with van der Waals surface area (Å²) >= 11 is 0. The molecule has 1 saturated heterocycles. The van der Waals surface area contributed by atoms with E-state index in [2.05, 4.69) is 18.7 Å². The normalized spacial score (nSPS) is 26.6. The molecule has 1 aromatic carbocycles.